The monoisotopic (exact) mass is 255 g/mol. The van der Waals surface area contributed by atoms with Crippen molar-refractivity contribution in [2.24, 2.45) is 0 Å². The smallest absolute Gasteiger partial charge is 0.254 e. The molecule has 0 saturated carbocycles. The molecule has 0 saturated heterocycles. The highest BCUT2D eigenvalue weighted by atomic mass is 79.9. The van der Waals surface area contributed by atoms with Crippen molar-refractivity contribution in [3.63, 3.8) is 0 Å². The first-order valence-electron chi connectivity index (χ1n) is 4.41. The molecule has 0 radical (unpaired) electrons. The number of carbonyl (C=O) groups is 1. The minimum atomic E-state index is 0.00958. The molecule has 1 aliphatic heterocycles. The first kappa shape index (κ1) is 9.68. The van der Waals surface area contributed by atoms with Crippen LogP contribution in [-0.4, -0.2) is 29.1 Å². The molecule has 0 bridgehead atoms. The van der Waals surface area contributed by atoms with Crippen molar-refractivity contribution in [1.29, 1.82) is 0 Å². The fraction of sp³-hybridized carbons (Fsp3) is 0.300. The maximum atomic E-state index is 11.7. The van der Waals surface area contributed by atoms with Crippen LogP contribution in [0.25, 0.3) is 0 Å². The number of benzene rings is 1. The zero-order valence-electron chi connectivity index (χ0n) is 7.53. The van der Waals surface area contributed by atoms with Crippen LogP contribution in [0.1, 0.15) is 15.9 Å². The number of hydrogen-bond donors (Lipinski definition) is 1. The molecule has 4 heteroatoms. The maximum Gasteiger partial charge on any atom is 0.254 e. The van der Waals surface area contributed by atoms with Gasteiger partial charge in [-0.1, -0.05) is 22.0 Å². The van der Waals surface area contributed by atoms with E-state index in [1.54, 1.807) is 4.90 Å². The highest BCUT2D eigenvalue weighted by Crippen LogP contribution is 2.28. The van der Waals surface area contributed by atoms with Crippen molar-refractivity contribution >= 4 is 21.8 Å². The third-order valence-corrected chi connectivity index (χ3v) is 3.10. The molecule has 0 aromatic heterocycles. The molecule has 2 rings (SSSR count). The minimum absolute atomic E-state index is 0.00958. The Morgan fingerprint density at radius 2 is 2.29 bits per heavy atom. The van der Waals surface area contributed by atoms with Crippen LogP contribution in [0.3, 0.4) is 0 Å². The molecule has 0 spiro atoms. The molecule has 0 atom stereocenters. The number of rotatable bonds is 2. The molecule has 14 heavy (non-hydrogen) atoms. The van der Waals surface area contributed by atoms with Gasteiger partial charge >= 0.3 is 0 Å². The third-order valence-electron chi connectivity index (χ3n) is 2.36. The summed E-state index contributed by atoms with van der Waals surface area (Å²) < 4.78 is 0.962. The molecule has 1 aliphatic rings. The highest BCUT2D eigenvalue weighted by molar-refractivity contribution is 9.10. The molecule has 1 aromatic rings. The summed E-state index contributed by atoms with van der Waals surface area (Å²) in [7, 11) is 0. The fourth-order valence-electron chi connectivity index (χ4n) is 1.65. The molecule has 3 nitrogen and oxygen atoms in total. The van der Waals surface area contributed by atoms with Crippen molar-refractivity contribution in [3.8, 4) is 0 Å². The number of halogens is 1. The molecule has 74 valence electrons. The zero-order chi connectivity index (χ0) is 10.1. The van der Waals surface area contributed by atoms with Crippen molar-refractivity contribution in [2.75, 3.05) is 13.2 Å². The average Bonchev–Trinajstić information content (AvgIpc) is 2.48. The van der Waals surface area contributed by atoms with Gasteiger partial charge in [-0.15, -0.1) is 0 Å². The van der Waals surface area contributed by atoms with Gasteiger partial charge in [0.15, 0.2) is 0 Å². The third kappa shape index (κ3) is 1.44. The van der Waals surface area contributed by atoms with E-state index in [1.807, 2.05) is 18.2 Å². The number of β-amino-alcohol motifs (C(OH)–C–C–N with tert-alkyl or cyclic N) is 1. The Balaban J connectivity index is 2.35. The Hall–Kier alpha value is -0.870. The average molecular weight is 256 g/mol. The van der Waals surface area contributed by atoms with Crippen LogP contribution in [0, 0.1) is 0 Å². The van der Waals surface area contributed by atoms with Crippen molar-refractivity contribution in [2.45, 2.75) is 6.54 Å². The van der Waals surface area contributed by atoms with Gasteiger partial charge in [-0.2, -0.15) is 0 Å². The molecule has 0 unspecified atom stereocenters. The fourth-order valence-corrected chi connectivity index (χ4v) is 2.15. The van der Waals surface area contributed by atoms with Crippen LogP contribution in [-0.2, 0) is 6.54 Å². The molecule has 0 fully saturated rings. The minimum Gasteiger partial charge on any atom is -0.395 e. The Morgan fingerprint density at radius 1 is 1.50 bits per heavy atom. The van der Waals surface area contributed by atoms with Gasteiger partial charge in [0, 0.05) is 23.1 Å². The number of nitrogens with zero attached hydrogens (tertiary/aromatic N) is 1. The van der Waals surface area contributed by atoms with E-state index in [-0.39, 0.29) is 12.5 Å². The van der Waals surface area contributed by atoms with Crippen molar-refractivity contribution < 1.29 is 9.90 Å². The second-order valence-corrected chi connectivity index (χ2v) is 4.07. The zero-order valence-corrected chi connectivity index (χ0v) is 9.12. The Morgan fingerprint density at radius 3 is 2.93 bits per heavy atom. The van der Waals surface area contributed by atoms with Gasteiger partial charge < -0.3 is 10.0 Å². The number of fused-ring (bicyclic) bond motifs is 1. The first-order chi connectivity index (χ1) is 6.74. The largest absolute Gasteiger partial charge is 0.395 e. The van der Waals surface area contributed by atoms with E-state index in [0.717, 1.165) is 15.6 Å². The summed E-state index contributed by atoms with van der Waals surface area (Å²) >= 11 is 3.41. The summed E-state index contributed by atoms with van der Waals surface area (Å²) in [6, 6.07) is 5.59. The van der Waals surface area contributed by atoms with Crippen LogP contribution in [0.4, 0.5) is 0 Å². The van der Waals surface area contributed by atoms with Gasteiger partial charge in [0.2, 0.25) is 0 Å². The quantitative estimate of drug-likeness (QED) is 0.868. The number of amides is 1. The van der Waals surface area contributed by atoms with E-state index in [2.05, 4.69) is 15.9 Å². The van der Waals surface area contributed by atoms with E-state index in [4.69, 9.17) is 5.11 Å². The lowest BCUT2D eigenvalue weighted by Crippen LogP contribution is -2.26. The second kappa shape index (κ2) is 3.71. The number of hydrogen-bond acceptors (Lipinski definition) is 2. The summed E-state index contributed by atoms with van der Waals surface area (Å²) in [5.41, 5.74) is 1.76. The van der Waals surface area contributed by atoms with Gasteiger partial charge in [-0.3, -0.25) is 4.79 Å². The van der Waals surface area contributed by atoms with Gasteiger partial charge in [0.25, 0.3) is 5.91 Å². The summed E-state index contributed by atoms with van der Waals surface area (Å²) in [6.07, 6.45) is 0. The lowest BCUT2D eigenvalue weighted by molar-refractivity contribution is 0.0745. The standard InChI is InChI=1S/C10H10BrNO2/c11-9-3-1-2-7-8(9)6-12(4-5-13)10(7)14/h1-3,13H,4-6H2. The lowest BCUT2D eigenvalue weighted by atomic mass is 10.1. The molecular formula is C10H10BrNO2. The maximum absolute atomic E-state index is 11.7. The number of aliphatic hydroxyl groups excluding tert-OH is 1. The molecule has 1 N–H and O–H groups in total. The summed E-state index contributed by atoms with van der Waals surface area (Å²) in [5.74, 6) is 0.00958. The second-order valence-electron chi connectivity index (χ2n) is 3.22. The van der Waals surface area contributed by atoms with E-state index < -0.39 is 0 Å². The van der Waals surface area contributed by atoms with Gasteiger partial charge in [0.1, 0.15) is 0 Å². The van der Waals surface area contributed by atoms with E-state index >= 15 is 0 Å². The Labute approximate surface area is 90.5 Å². The topological polar surface area (TPSA) is 40.5 Å². The predicted octanol–water partition coefficient (Wildman–Crippen LogP) is 1.40. The van der Waals surface area contributed by atoms with Gasteiger partial charge in [-0.25, -0.2) is 0 Å². The molecule has 1 aromatic carbocycles. The molecule has 1 heterocycles. The van der Waals surface area contributed by atoms with E-state index in [9.17, 15) is 4.79 Å². The number of aliphatic hydroxyl groups is 1. The predicted molar refractivity (Wildman–Crippen MR) is 56.0 cm³/mol. The van der Waals surface area contributed by atoms with Crippen LogP contribution in [0.2, 0.25) is 0 Å². The van der Waals surface area contributed by atoms with Crippen molar-refractivity contribution in [3.05, 3.63) is 33.8 Å². The summed E-state index contributed by atoms with van der Waals surface area (Å²) in [4.78, 5) is 13.4. The molecule has 1 amide bonds. The first-order valence-corrected chi connectivity index (χ1v) is 5.21. The van der Waals surface area contributed by atoms with E-state index in [1.165, 1.54) is 0 Å². The number of carbonyl (C=O) groups excluding carboxylic acids is 1. The van der Waals surface area contributed by atoms with E-state index in [0.29, 0.717) is 13.1 Å². The van der Waals surface area contributed by atoms with Gasteiger partial charge in [-0.05, 0) is 17.7 Å². The van der Waals surface area contributed by atoms with Crippen molar-refractivity contribution in [1.82, 2.24) is 4.90 Å². The van der Waals surface area contributed by atoms with Crippen LogP contribution in [0.5, 0.6) is 0 Å². The molecular weight excluding hydrogens is 246 g/mol. The Kier molecular flexibility index (Phi) is 2.56. The van der Waals surface area contributed by atoms with Gasteiger partial charge in [0.05, 0.1) is 6.61 Å². The summed E-state index contributed by atoms with van der Waals surface area (Å²) in [5, 5.41) is 8.79. The Bertz CT molecular complexity index is 378. The summed E-state index contributed by atoms with van der Waals surface area (Å²) in [6.45, 7) is 1.01. The normalized spacial score (nSPS) is 14.7. The van der Waals surface area contributed by atoms with Crippen LogP contribution >= 0.6 is 15.9 Å². The molecule has 0 aliphatic carbocycles. The van der Waals surface area contributed by atoms with Crippen LogP contribution < -0.4 is 0 Å². The highest BCUT2D eigenvalue weighted by Gasteiger charge is 2.27. The SMILES string of the molecule is O=C1c2cccc(Br)c2CN1CCO. The van der Waals surface area contributed by atoms with Crippen LogP contribution in [0.15, 0.2) is 22.7 Å². The lowest BCUT2D eigenvalue weighted by Gasteiger charge is -2.12.